The van der Waals surface area contributed by atoms with Crippen LogP contribution in [0.3, 0.4) is 0 Å². The van der Waals surface area contributed by atoms with Gasteiger partial charge in [-0.3, -0.25) is 15.3 Å². The van der Waals surface area contributed by atoms with Gasteiger partial charge in [-0.2, -0.15) is 4.98 Å². The molecule has 0 bridgehead atoms. The number of fused-ring (bicyclic) bond motifs is 2. The topological polar surface area (TPSA) is 133 Å². The van der Waals surface area contributed by atoms with Gasteiger partial charge in [0, 0.05) is 10.8 Å². The number of ether oxygens (including phenoxy) is 1. The van der Waals surface area contributed by atoms with Crippen LogP contribution in [-0.2, 0) is 0 Å². The summed E-state index contributed by atoms with van der Waals surface area (Å²) >= 11 is 0. The Balaban J connectivity index is 1.84. The molecule has 2 heterocycles. The van der Waals surface area contributed by atoms with E-state index in [4.69, 9.17) is 9.84 Å². The number of rotatable bonds is 3. The van der Waals surface area contributed by atoms with Crippen molar-refractivity contribution in [3.63, 3.8) is 0 Å². The molecule has 0 saturated carbocycles. The fraction of sp³-hybridized carbons (Fsp3) is 0. The van der Waals surface area contributed by atoms with Crippen LogP contribution < -0.4 is 15.7 Å². The van der Waals surface area contributed by atoms with E-state index in [1.54, 1.807) is 30.3 Å². The van der Waals surface area contributed by atoms with Crippen molar-refractivity contribution < 1.29 is 14.6 Å². The average molecular weight is 337 g/mol. The van der Waals surface area contributed by atoms with Gasteiger partial charge in [-0.25, -0.2) is 14.6 Å². The Labute approximate surface area is 139 Å². The first-order valence-electron chi connectivity index (χ1n) is 7.24. The van der Waals surface area contributed by atoms with Gasteiger partial charge in [-0.15, -0.1) is 0 Å². The number of carbonyl (C=O) groups is 1. The van der Waals surface area contributed by atoms with Gasteiger partial charge in [-0.1, -0.05) is 24.3 Å². The van der Waals surface area contributed by atoms with Gasteiger partial charge in [0.15, 0.2) is 5.65 Å². The number of nitrogens with zero attached hydrogens (tertiary/aromatic N) is 2. The molecule has 0 fully saturated rings. The van der Waals surface area contributed by atoms with E-state index >= 15 is 0 Å². The van der Waals surface area contributed by atoms with Gasteiger partial charge in [0.05, 0.1) is 5.69 Å². The summed E-state index contributed by atoms with van der Waals surface area (Å²) in [6.07, 6.45) is 0.130. The second-order valence-electron chi connectivity index (χ2n) is 5.17. The maximum atomic E-state index is 11.5. The molecular weight excluding hydrogens is 326 g/mol. The zero-order chi connectivity index (χ0) is 17.4. The predicted octanol–water partition coefficient (Wildman–Crippen LogP) is 2.68. The smallest absolute Gasteiger partial charge is 0.409 e. The Bertz CT molecular complexity index is 1160. The summed E-state index contributed by atoms with van der Waals surface area (Å²) in [6.45, 7) is 0. The number of carboxylic acid groups (broad SMARTS) is 1. The van der Waals surface area contributed by atoms with Crippen molar-refractivity contribution >= 4 is 33.7 Å². The van der Waals surface area contributed by atoms with Crippen LogP contribution in [0.5, 0.6) is 11.6 Å². The van der Waals surface area contributed by atoms with Gasteiger partial charge in [-0.05, 0) is 12.1 Å². The van der Waals surface area contributed by atoms with Gasteiger partial charge < -0.3 is 9.84 Å². The predicted molar refractivity (Wildman–Crippen MR) is 90.2 cm³/mol. The number of hydrogen-bond acceptors (Lipinski definition) is 5. The first-order chi connectivity index (χ1) is 12.1. The number of imidazole rings is 1. The number of anilines is 1. The minimum Gasteiger partial charge on any atom is -0.465 e. The molecule has 2 aromatic carbocycles. The van der Waals surface area contributed by atoms with Gasteiger partial charge in [0.1, 0.15) is 17.6 Å². The highest BCUT2D eigenvalue weighted by atomic mass is 16.5. The van der Waals surface area contributed by atoms with E-state index < -0.39 is 11.8 Å². The number of nitrogens with one attached hydrogen (secondary N) is 3. The van der Waals surface area contributed by atoms with Crippen LogP contribution in [0.4, 0.5) is 10.5 Å². The highest BCUT2D eigenvalue weighted by molar-refractivity contribution is 6.02. The molecule has 0 aliphatic rings. The van der Waals surface area contributed by atoms with Crippen molar-refractivity contribution in [1.29, 1.82) is 0 Å². The van der Waals surface area contributed by atoms with Gasteiger partial charge >= 0.3 is 11.8 Å². The van der Waals surface area contributed by atoms with Crippen LogP contribution in [0.1, 0.15) is 0 Å². The van der Waals surface area contributed by atoms with E-state index in [1.165, 1.54) is 6.33 Å². The average Bonchev–Trinajstić information content (AvgIpc) is 2.98. The van der Waals surface area contributed by atoms with E-state index in [0.29, 0.717) is 33.4 Å². The van der Waals surface area contributed by atoms with Crippen LogP contribution in [0, 0.1) is 0 Å². The maximum Gasteiger partial charge on any atom is 0.409 e. The van der Waals surface area contributed by atoms with Crippen molar-refractivity contribution in [2.24, 2.45) is 0 Å². The number of H-pyrrole nitrogens is 2. The van der Waals surface area contributed by atoms with E-state index in [9.17, 15) is 9.59 Å². The summed E-state index contributed by atoms with van der Waals surface area (Å²) in [4.78, 5) is 35.5. The van der Waals surface area contributed by atoms with Gasteiger partial charge in [0.2, 0.25) is 5.88 Å². The maximum absolute atomic E-state index is 11.5. The third kappa shape index (κ3) is 2.63. The first kappa shape index (κ1) is 14.7. The molecule has 1 amide bonds. The number of benzene rings is 2. The van der Waals surface area contributed by atoms with Gasteiger partial charge in [0.25, 0.3) is 0 Å². The summed E-state index contributed by atoms with van der Waals surface area (Å²) in [6, 6.07) is 10.4. The molecule has 4 aromatic rings. The lowest BCUT2D eigenvalue weighted by molar-refractivity contribution is 0.210. The summed E-state index contributed by atoms with van der Waals surface area (Å²) in [5, 5.41) is 12.7. The Morgan fingerprint density at radius 2 is 1.88 bits per heavy atom. The van der Waals surface area contributed by atoms with Crippen molar-refractivity contribution in [2.45, 2.75) is 0 Å². The Hall–Kier alpha value is -3.88. The highest BCUT2D eigenvalue weighted by Crippen LogP contribution is 2.34. The third-order valence-electron chi connectivity index (χ3n) is 3.62. The minimum atomic E-state index is -1.15. The van der Waals surface area contributed by atoms with Crippen molar-refractivity contribution in [3.05, 3.63) is 53.2 Å². The van der Waals surface area contributed by atoms with E-state index in [0.717, 1.165) is 0 Å². The van der Waals surface area contributed by atoms with Crippen LogP contribution in [0.15, 0.2) is 47.5 Å². The normalized spacial score (nSPS) is 10.9. The van der Waals surface area contributed by atoms with E-state index in [1.807, 2.05) is 6.07 Å². The summed E-state index contributed by atoms with van der Waals surface area (Å²) in [7, 11) is 0. The molecule has 0 radical (unpaired) electrons. The molecule has 124 valence electrons. The fourth-order valence-electron chi connectivity index (χ4n) is 2.60. The lowest BCUT2D eigenvalue weighted by atomic mass is 10.1. The minimum absolute atomic E-state index is 0.187. The molecule has 0 aliphatic carbocycles. The van der Waals surface area contributed by atoms with E-state index in [-0.39, 0.29) is 5.88 Å². The van der Waals surface area contributed by atoms with Crippen LogP contribution in [-0.4, -0.2) is 31.1 Å². The second-order valence-corrected chi connectivity index (χ2v) is 5.17. The molecule has 25 heavy (non-hydrogen) atoms. The number of aromatic nitrogens is 4. The summed E-state index contributed by atoms with van der Waals surface area (Å²) in [5.74, 6) is 0.654. The van der Waals surface area contributed by atoms with Crippen LogP contribution in [0.2, 0.25) is 0 Å². The highest BCUT2D eigenvalue weighted by Gasteiger charge is 2.13. The molecule has 0 saturated heterocycles. The Kier molecular flexibility index (Phi) is 3.31. The van der Waals surface area contributed by atoms with Crippen LogP contribution >= 0.6 is 0 Å². The SMILES string of the molecule is O=C(O)Nc1ccc(Oc2ncnc3[nH]c(=O)[nH]c23)c2ccccc12. The van der Waals surface area contributed by atoms with Crippen molar-refractivity contribution in [2.75, 3.05) is 5.32 Å². The Morgan fingerprint density at radius 3 is 2.68 bits per heavy atom. The fourth-order valence-corrected chi connectivity index (χ4v) is 2.60. The lowest BCUT2D eigenvalue weighted by Crippen LogP contribution is -2.07. The van der Waals surface area contributed by atoms with Crippen LogP contribution in [0.25, 0.3) is 21.9 Å². The Morgan fingerprint density at radius 1 is 1.08 bits per heavy atom. The summed E-state index contributed by atoms with van der Waals surface area (Å²) in [5.41, 5.74) is 0.720. The molecule has 0 aliphatic heterocycles. The molecule has 2 aromatic heterocycles. The standard InChI is InChI=1S/C16H11N5O4/c22-15-20-12-13(21-15)17-7-18-14(12)25-11-6-5-10(19-16(23)24)8-3-1-2-4-9(8)11/h1-7,19H,(H,23,24)(H2,17,18,20,21,22). The monoisotopic (exact) mass is 337 g/mol. The largest absolute Gasteiger partial charge is 0.465 e. The molecule has 4 N–H and O–H groups in total. The van der Waals surface area contributed by atoms with E-state index in [2.05, 4.69) is 25.3 Å². The van der Waals surface area contributed by atoms with Crippen molar-refractivity contribution in [3.8, 4) is 11.6 Å². The molecule has 0 spiro atoms. The quantitative estimate of drug-likeness (QED) is 0.454. The number of amides is 1. The number of aromatic amines is 2. The van der Waals surface area contributed by atoms with Crippen molar-refractivity contribution in [1.82, 2.24) is 19.9 Å². The molecule has 9 nitrogen and oxygen atoms in total. The molecule has 9 heteroatoms. The first-order valence-corrected chi connectivity index (χ1v) is 7.24. The molecule has 0 atom stereocenters. The molecule has 4 rings (SSSR count). The third-order valence-corrected chi connectivity index (χ3v) is 3.62. The number of hydrogen-bond donors (Lipinski definition) is 4. The molecule has 0 unspecified atom stereocenters. The second kappa shape index (κ2) is 5.64. The molecular formula is C16H11N5O4. The lowest BCUT2D eigenvalue weighted by Gasteiger charge is -2.11. The summed E-state index contributed by atoms with van der Waals surface area (Å²) < 4.78 is 5.86. The zero-order valence-electron chi connectivity index (χ0n) is 12.6. The zero-order valence-corrected chi connectivity index (χ0v) is 12.6.